The molecule has 2 saturated carbocycles. The molecule has 4 rings (SSSR count). The summed E-state index contributed by atoms with van der Waals surface area (Å²) in [6.07, 6.45) is -5.64. The van der Waals surface area contributed by atoms with Crippen molar-refractivity contribution in [2.24, 2.45) is 23.2 Å². The van der Waals surface area contributed by atoms with Crippen LogP contribution in [0.5, 0.6) is 0 Å². The second kappa shape index (κ2) is 8.75. The van der Waals surface area contributed by atoms with Crippen LogP contribution in [0.4, 0.5) is 0 Å². The van der Waals surface area contributed by atoms with Crippen LogP contribution in [0.1, 0.15) is 33.1 Å². The van der Waals surface area contributed by atoms with Crippen molar-refractivity contribution < 1.29 is 49.6 Å². The van der Waals surface area contributed by atoms with Crippen molar-refractivity contribution in [1.29, 1.82) is 0 Å². The van der Waals surface area contributed by atoms with E-state index in [9.17, 15) is 30.6 Å². The first-order valence-electron chi connectivity index (χ1n) is 11.1. The molecule has 0 unspecified atom stereocenters. The third-order valence-corrected chi connectivity index (χ3v) is 8.16. The Labute approximate surface area is 181 Å². The van der Waals surface area contributed by atoms with Gasteiger partial charge in [-0.05, 0) is 42.4 Å². The Hall–Kier alpha value is -0.400. The third kappa shape index (κ3) is 4.16. The van der Waals surface area contributed by atoms with Crippen molar-refractivity contribution in [1.82, 2.24) is 0 Å². The van der Waals surface area contributed by atoms with Gasteiger partial charge < -0.3 is 49.6 Å². The average molecular weight is 449 g/mol. The van der Waals surface area contributed by atoms with Crippen molar-refractivity contribution >= 4 is 0 Å². The molecule has 0 radical (unpaired) electrons. The molecular weight excluding hydrogens is 412 g/mol. The molecule has 4 fully saturated rings. The fourth-order valence-electron chi connectivity index (χ4n) is 5.83. The molecular formula is C21H36O10. The highest BCUT2D eigenvalue weighted by Crippen LogP contribution is 2.59. The quantitative estimate of drug-likeness (QED) is 0.266. The molecule has 0 amide bonds. The van der Waals surface area contributed by atoms with E-state index in [1.165, 1.54) is 19.3 Å². The van der Waals surface area contributed by atoms with Crippen molar-refractivity contribution in [3.05, 3.63) is 0 Å². The zero-order chi connectivity index (χ0) is 22.6. The van der Waals surface area contributed by atoms with Gasteiger partial charge in [0.2, 0.25) is 0 Å². The van der Waals surface area contributed by atoms with Gasteiger partial charge in [-0.25, -0.2) is 0 Å². The van der Waals surface area contributed by atoms with Gasteiger partial charge >= 0.3 is 0 Å². The predicted molar refractivity (Wildman–Crippen MR) is 104 cm³/mol. The zero-order valence-electron chi connectivity index (χ0n) is 18.0. The minimum atomic E-state index is -1.83. The van der Waals surface area contributed by atoms with Gasteiger partial charge in [0.25, 0.3) is 0 Å². The second-order valence-electron chi connectivity index (χ2n) is 10.3. The van der Waals surface area contributed by atoms with E-state index >= 15 is 0 Å². The van der Waals surface area contributed by atoms with Crippen LogP contribution in [0.15, 0.2) is 0 Å². The molecule has 0 spiro atoms. The number of hydrogen-bond acceptors (Lipinski definition) is 10. The number of ether oxygens (including phenoxy) is 4. The van der Waals surface area contributed by atoms with Crippen LogP contribution in [-0.2, 0) is 18.9 Å². The van der Waals surface area contributed by atoms with Gasteiger partial charge in [0.05, 0.1) is 26.4 Å². The number of fused-ring (bicyclic) bond motifs is 2. The van der Waals surface area contributed by atoms with E-state index in [4.69, 9.17) is 18.9 Å². The van der Waals surface area contributed by atoms with Gasteiger partial charge in [0, 0.05) is 0 Å². The monoisotopic (exact) mass is 448 g/mol. The minimum absolute atomic E-state index is 0.141. The van der Waals surface area contributed by atoms with Gasteiger partial charge in [0.15, 0.2) is 12.6 Å². The van der Waals surface area contributed by atoms with E-state index in [0.717, 1.165) is 0 Å². The standard InChI is InChI=1S/C21H36O10/c1-20(2)11-4-3-10(5-11)12(20)6-28-18-16(25)15(24)14(23)13(31-18)7-29-19-17(26)21(27,8-22)9-30-19/h10-19,22-27H,3-9H2,1-2H3/t10-,11+,12-,13-,14-,15+,16-,17+,18-,19-,21-/m1/s1. The molecule has 10 nitrogen and oxygen atoms in total. The van der Waals surface area contributed by atoms with Crippen molar-refractivity contribution in [2.75, 3.05) is 26.4 Å². The Kier molecular flexibility index (Phi) is 6.70. The van der Waals surface area contributed by atoms with Crippen molar-refractivity contribution in [2.45, 2.75) is 81.8 Å². The lowest BCUT2D eigenvalue weighted by atomic mass is 9.69. The smallest absolute Gasteiger partial charge is 0.186 e. The van der Waals surface area contributed by atoms with Crippen LogP contribution in [0.25, 0.3) is 0 Å². The highest BCUT2D eigenvalue weighted by molar-refractivity contribution is 5.02. The Morgan fingerprint density at radius 3 is 2.26 bits per heavy atom. The SMILES string of the molecule is CC1(C)[C@H]2CC[C@H](C2)[C@H]1CO[C@@H]1O[C@H](CO[C@@H]2OC[C@](O)(CO)[C@H]2O)[C@@H](O)[C@H](O)[C@H]1O. The molecule has 0 aromatic rings. The first kappa shape index (κ1) is 23.7. The summed E-state index contributed by atoms with van der Waals surface area (Å²) in [6, 6.07) is 0. The summed E-state index contributed by atoms with van der Waals surface area (Å²) in [7, 11) is 0. The van der Waals surface area contributed by atoms with Gasteiger partial charge in [-0.2, -0.15) is 0 Å². The number of rotatable bonds is 7. The Bertz CT molecular complexity index is 631. The first-order valence-corrected chi connectivity index (χ1v) is 11.1. The maximum absolute atomic E-state index is 10.4. The highest BCUT2D eigenvalue weighted by Gasteiger charge is 2.54. The van der Waals surface area contributed by atoms with Gasteiger partial charge in [-0.1, -0.05) is 13.8 Å². The summed E-state index contributed by atoms with van der Waals surface area (Å²) >= 11 is 0. The second-order valence-corrected chi connectivity index (χ2v) is 10.3. The molecule has 2 bridgehead atoms. The molecule has 31 heavy (non-hydrogen) atoms. The van der Waals surface area contributed by atoms with Gasteiger partial charge in [0.1, 0.15) is 36.1 Å². The molecule has 6 N–H and O–H groups in total. The third-order valence-electron chi connectivity index (χ3n) is 8.16. The maximum Gasteiger partial charge on any atom is 0.186 e. The van der Waals surface area contributed by atoms with Crippen LogP contribution in [0.2, 0.25) is 0 Å². The van der Waals surface area contributed by atoms with E-state index < -0.39 is 55.3 Å². The summed E-state index contributed by atoms with van der Waals surface area (Å²) in [5.74, 6) is 1.59. The summed E-state index contributed by atoms with van der Waals surface area (Å²) < 4.78 is 22.2. The molecule has 0 aromatic heterocycles. The van der Waals surface area contributed by atoms with E-state index in [1.807, 2.05) is 0 Å². The minimum Gasteiger partial charge on any atom is -0.393 e. The fourth-order valence-corrected chi connectivity index (χ4v) is 5.83. The lowest BCUT2D eigenvalue weighted by Gasteiger charge is -2.43. The number of aliphatic hydroxyl groups excluding tert-OH is 5. The average Bonchev–Trinajstić information content (AvgIpc) is 3.40. The van der Waals surface area contributed by atoms with Crippen molar-refractivity contribution in [3.8, 4) is 0 Å². The lowest BCUT2D eigenvalue weighted by Crippen LogP contribution is -2.60. The Balaban J connectivity index is 1.33. The van der Waals surface area contributed by atoms with Crippen LogP contribution in [0.3, 0.4) is 0 Å². The zero-order valence-corrected chi connectivity index (χ0v) is 18.0. The van der Waals surface area contributed by atoms with Crippen molar-refractivity contribution in [3.63, 3.8) is 0 Å². The summed E-state index contributed by atoms with van der Waals surface area (Å²) in [4.78, 5) is 0. The van der Waals surface area contributed by atoms with E-state index in [2.05, 4.69) is 13.8 Å². The molecule has 2 heterocycles. The van der Waals surface area contributed by atoms with Gasteiger partial charge in [-0.15, -0.1) is 0 Å². The highest BCUT2D eigenvalue weighted by atomic mass is 16.7. The van der Waals surface area contributed by atoms with Crippen LogP contribution < -0.4 is 0 Å². The Morgan fingerprint density at radius 2 is 1.65 bits per heavy atom. The van der Waals surface area contributed by atoms with Gasteiger partial charge in [-0.3, -0.25) is 0 Å². The molecule has 4 aliphatic rings. The normalized spacial score (nSPS) is 51.5. The largest absolute Gasteiger partial charge is 0.393 e. The topological polar surface area (TPSA) is 158 Å². The maximum atomic E-state index is 10.4. The molecule has 2 aliphatic carbocycles. The predicted octanol–water partition coefficient (Wildman–Crippen LogP) is -1.66. The van der Waals surface area contributed by atoms with E-state index in [1.54, 1.807) is 0 Å². The number of aliphatic hydroxyl groups is 6. The van der Waals surface area contributed by atoms with Crippen LogP contribution >= 0.6 is 0 Å². The van der Waals surface area contributed by atoms with Crippen LogP contribution in [-0.4, -0.2) is 106 Å². The molecule has 11 atom stereocenters. The molecule has 180 valence electrons. The first-order chi connectivity index (χ1) is 14.6. The van der Waals surface area contributed by atoms with Crippen LogP contribution in [0, 0.1) is 23.2 Å². The summed E-state index contributed by atoms with van der Waals surface area (Å²) in [6.45, 7) is 3.60. The summed E-state index contributed by atoms with van der Waals surface area (Å²) in [5.41, 5.74) is -1.69. The fraction of sp³-hybridized carbons (Fsp3) is 1.00. The van der Waals surface area contributed by atoms with E-state index in [0.29, 0.717) is 24.4 Å². The molecule has 2 aliphatic heterocycles. The molecule has 10 heteroatoms. The number of hydrogen-bond donors (Lipinski definition) is 6. The lowest BCUT2D eigenvalue weighted by molar-refractivity contribution is -0.313. The summed E-state index contributed by atoms with van der Waals surface area (Å²) in [5, 5.41) is 60.3. The molecule has 2 saturated heterocycles. The Morgan fingerprint density at radius 1 is 0.935 bits per heavy atom. The van der Waals surface area contributed by atoms with E-state index in [-0.39, 0.29) is 18.6 Å². The molecule has 0 aromatic carbocycles.